The second kappa shape index (κ2) is 5.34. The molecule has 0 saturated carbocycles. The molecule has 0 aliphatic heterocycles. The molecule has 1 rings (SSSR count). The molecule has 0 spiro atoms. The molecular weight excluding hydrogens is 290 g/mol. The van der Waals surface area contributed by atoms with Gasteiger partial charge < -0.3 is 0 Å². The van der Waals surface area contributed by atoms with Gasteiger partial charge in [0.15, 0.2) is 17.5 Å². The van der Waals surface area contributed by atoms with Gasteiger partial charge in [0.1, 0.15) is 4.90 Å². The molecule has 0 fully saturated rings. The smallest absolute Gasteiger partial charge is 0.220 e. The first-order chi connectivity index (χ1) is 8.21. The third-order valence-corrected chi connectivity index (χ3v) is 2.60. The molecule has 0 radical (unpaired) electrons. The molecule has 1 aromatic rings. The Hall–Kier alpha value is -0.970. The van der Waals surface area contributed by atoms with Gasteiger partial charge in [-0.2, -0.15) is 13.2 Å². The van der Waals surface area contributed by atoms with Crippen molar-refractivity contribution in [3.8, 4) is 0 Å². The van der Waals surface area contributed by atoms with E-state index in [1.165, 1.54) is 0 Å². The summed E-state index contributed by atoms with van der Waals surface area (Å²) in [7, 11) is 0. The Morgan fingerprint density at radius 1 is 1.06 bits per heavy atom. The zero-order chi connectivity index (χ0) is 14.1. The van der Waals surface area contributed by atoms with Crippen LogP contribution in [0.1, 0.15) is 11.1 Å². The first kappa shape index (κ1) is 15.1. The van der Waals surface area contributed by atoms with E-state index in [0.717, 1.165) is 0 Å². The SMILES string of the molecule is Cc1c(F)c(F)c(SOOO)c(F)c1C(F)(F)F. The molecule has 0 amide bonds. The number of alkyl halides is 3. The molecule has 0 heterocycles. The summed E-state index contributed by atoms with van der Waals surface area (Å²) < 4.78 is 80.8. The van der Waals surface area contributed by atoms with Crippen LogP contribution in [0.15, 0.2) is 4.90 Å². The van der Waals surface area contributed by atoms with Gasteiger partial charge in [-0.15, -0.1) is 4.33 Å². The maximum Gasteiger partial charge on any atom is 0.419 e. The molecule has 1 N–H and O–H groups in total. The molecule has 0 saturated heterocycles. The maximum absolute atomic E-state index is 13.4. The van der Waals surface area contributed by atoms with Crippen molar-refractivity contribution in [3.05, 3.63) is 28.6 Å². The van der Waals surface area contributed by atoms with E-state index in [9.17, 15) is 26.3 Å². The van der Waals surface area contributed by atoms with Crippen LogP contribution < -0.4 is 0 Å². The average Bonchev–Trinajstić information content (AvgIpc) is 2.24. The first-order valence-corrected chi connectivity index (χ1v) is 4.85. The first-order valence-electron chi connectivity index (χ1n) is 4.10. The van der Waals surface area contributed by atoms with Crippen LogP contribution in [0.25, 0.3) is 0 Å². The van der Waals surface area contributed by atoms with E-state index in [0.29, 0.717) is 6.92 Å². The Morgan fingerprint density at radius 2 is 1.61 bits per heavy atom. The summed E-state index contributed by atoms with van der Waals surface area (Å²) in [6.45, 7) is 0.585. The van der Waals surface area contributed by atoms with Crippen molar-refractivity contribution in [1.29, 1.82) is 0 Å². The molecule has 3 nitrogen and oxygen atoms in total. The van der Waals surface area contributed by atoms with E-state index >= 15 is 0 Å². The molecule has 0 unspecified atom stereocenters. The number of hydrogen-bond donors (Lipinski definition) is 1. The molecule has 0 bridgehead atoms. The van der Waals surface area contributed by atoms with Crippen LogP contribution in [-0.2, 0) is 15.5 Å². The molecule has 0 aromatic heterocycles. The minimum absolute atomic E-state index is 0.435. The summed E-state index contributed by atoms with van der Waals surface area (Å²) in [4.78, 5) is -1.42. The van der Waals surface area contributed by atoms with Crippen LogP contribution in [0.2, 0.25) is 0 Å². The van der Waals surface area contributed by atoms with Crippen molar-refractivity contribution in [3.63, 3.8) is 0 Å². The fourth-order valence-corrected chi connectivity index (χ4v) is 1.64. The predicted molar refractivity (Wildman–Crippen MR) is 46.7 cm³/mol. The summed E-state index contributed by atoms with van der Waals surface area (Å²) in [5.41, 5.74) is -3.17. The summed E-state index contributed by atoms with van der Waals surface area (Å²) >= 11 is -0.435. The van der Waals surface area contributed by atoms with Crippen LogP contribution >= 0.6 is 12.0 Å². The lowest BCUT2D eigenvalue weighted by Gasteiger charge is -2.14. The van der Waals surface area contributed by atoms with E-state index in [-0.39, 0.29) is 0 Å². The van der Waals surface area contributed by atoms with Crippen molar-refractivity contribution in [2.75, 3.05) is 0 Å². The molecule has 1 aromatic carbocycles. The summed E-state index contributed by atoms with van der Waals surface area (Å²) in [6, 6.07) is 0. The average molecular weight is 294 g/mol. The number of benzene rings is 1. The van der Waals surface area contributed by atoms with Crippen LogP contribution in [0.4, 0.5) is 26.3 Å². The summed E-state index contributed by atoms with van der Waals surface area (Å²) in [5.74, 6) is -5.80. The Balaban J connectivity index is 3.50. The molecule has 0 aliphatic rings. The topological polar surface area (TPSA) is 38.7 Å². The van der Waals surface area contributed by atoms with Gasteiger partial charge >= 0.3 is 6.18 Å². The summed E-state index contributed by atoms with van der Waals surface area (Å²) in [5, 5.41) is 10.7. The summed E-state index contributed by atoms with van der Waals surface area (Å²) in [6.07, 6.45) is -5.21. The van der Waals surface area contributed by atoms with Crippen molar-refractivity contribution in [2.45, 2.75) is 18.0 Å². The highest BCUT2D eigenvalue weighted by atomic mass is 32.2. The largest absolute Gasteiger partial charge is 0.419 e. The zero-order valence-electron chi connectivity index (χ0n) is 8.44. The molecular formula is C8H4F6O3S. The zero-order valence-corrected chi connectivity index (χ0v) is 9.26. The van der Waals surface area contributed by atoms with Gasteiger partial charge in [-0.1, -0.05) is 5.04 Å². The Morgan fingerprint density at radius 3 is 2.06 bits per heavy atom. The van der Waals surface area contributed by atoms with Crippen LogP contribution in [-0.4, -0.2) is 5.26 Å². The lowest BCUT2D eigenvalue weighted by atomic mass is 10.1. The van der Waals surface area contributed by atoms with Crippen molar-refractivity contribution in [1.82, 2.24) is 0 Å². The van der Waals surface area contributed by atoms with Gasteiger partial charge in [-0.05, 0) is 6.92 Å². The van der Waals surface area contributed by atoms with Crippen molar-refractivity contribution >= 4 is 12.0 Å². The third kappa shape index (κ3) is 2.71. The fourth-order valence-electron chi connectivity index (χ4n) is 1.21. The van der Waals surface area contributed by atoms with E-state index in [1.54, 1.807) is 0 Å². The fraction of sp³-hybridized carbons (Fsp3) is 0.250. The van der Waals surface area contributed by atoms with Gasteiger partial charge in [0.25, 0.3) is 0 Å². The second-order valence-corrected chi connectivity index (χ2v) is 3.71. The third-order valence-electron chi connectivity index (χ3n) is 1.95. The standard InChI is InChI=1S/C8H4F6O3S/c1-2-3(8(12,13)14)5(10)7(18-17-16-15)6(11)4(2)9/h15H,1H3. The van der Waals surface area contributed by atoms with E-state index in [2.05, 4.69) is 9.37 Å². The minimum atomic E-state index is -5.21. The highest BCUT2D eigenvalue weighted by molar-refractivity contribution is 7.94. The van der Waals surface area contributed by atoms with Crippen LogP contribution in [0.3, 0.4) is 0 Å². The predicted octanol–water partition coefficient (Wildman–Crippen LogP) is 3.86. The lowest BCUT2D eigenvalue weighted by Crippen LogP contribution is -2.15. The van der Waals surface area contributed by atoms with E-state index in [4.69, 9.17) is 5.26 Å². The van der Waals surface area contributed by atoms with E-state index < -0.39 is 51.7 Å². The molecule has 0 aliphatic carbocycles. The van der Waals surface area contributed by atoms with Crippen LogP contribution in [0, 0.1) is 24.4 Å². The Bertz CT molecular complexity index is 461. The number of halogens is 6. The van der Waals surface area contributed by atoms with E-state index in [1.807, 2.05) is 0 Å². The van der Waals surface area contributed by atoms with Crippen molar-refractivity contribution < 1.29 is 41.0 Å². The Labute approximate surface area is 100 Å². The molecule has 0 atom stereocenters. The molecule has 10 heteroatoms. The second-order valence-electron chi connectivity index (χ2n) is 2.99. The van der Waals surface area contributed by atoms with Gasteiger partial charge in [0.2, 0.25) is 0 Å². The van der Waals surface area contributed by atoms with Gasteiger partial charge in [0, 0.05) is 5.56 Å². The quantitative estimate of drug-likeness (QED) is 0.302. The monoisotopic (exact) mass is 294 g/mol. The van der Waals surface area contributed by atoms with Crippen molar-refractivity contribution in [2.24, 2.45) is 0 Å². The highest BCUT2D eigenvalue weighted by Gasteiger charge is 2.40. The number of rotatable bonds is 3. The van der Waals surface area contributed by atoms with Crippen LogP contribution in [0.5, 0.6) is 0 Å². The van der Waals surface area contributed by atoms with Gasteiger partial charge in [-0.25, -0.2) is 18.4 Å². The maximum atomic E-state index is 13.4. The lowest BCUT2D eigenvalue weighted by molar-refractivity contribution is -0.432. The molecule has 18 heavy (non-hydrogen) atoms. The molecule has 102 valence electrons. The highest BCUT2D eigenvalue weighted by Crippen LogP contribution is 2.40. The van der Waals surface area contributed by atoms with Gasteiger partial charge in [-0.3, -0.25) is 0 Å². The normalized spacial score (nSPS) is 12.0. The van der Waals surface area contributed by atoms with Gasteiger partial charge in [0.05, 0.1) is 17.6 Å². The number of hydrogen-bond acceptors (Lipinski definition) is 4. The Kier molecular flexibility index (Phi) is 4.48. The minimum Gasteiger partial charge on any atom is -0.220 e.